The standard InChI is InChI=1S/C14H24N2O3S2/c1-3-19-14(7-4-5-8-14)13-16-12(10-20-13)11(15)6-9-21(2,17)18/h10-11H,3-9,15H2,1-2H3. The summed E-state index contributed by atoms with van der Waals surface area (Å²) in [5.74, 6) is 0.0949. The van der Waals surface area contributed by atoms with Crippen molar-refractivity contribution in [2.24, 2.45) is 5.73 Å². The quantitative estimate of drug-likeness (QED) is 0.829. The third kappa shape index (κ3) is 4.25. The van der Waals surface area contributed by atoms with Crippen LogP contribution in [0.3, 0.4) is 0 Å². The van der Waals surface area contributed by atoms with E-state index in [1.54, 1.807) is 11.3 Å². The molecule has 0 aliphatic heterocycles. The Balaban J connectivity index is 2.09. The van der Waals surface area contributed by atoms with Crippen molar-refractivity contribution < 1.29 is 13.2 Å². The molecule has 1 aliphatic rings. The molecule has 2 N–H and O–H groups in total. The normalized spacial score (nSPS) is 19.8. The van der Waals surface area contributed by atoms with E-state index in [9.17, 15) is 8.42 Å². The van der Waals surface area contributed by atoms with Gasteiger partial charge in [-0.05, 0) is 26.2 Å². The van der Waals surface area contributed by atoms with E-state index in [1.807, 2.05) is 12.3 Å². The molecule has 0 radical (unpaired) electrons. The van der Waals surface area contributed by atoms with Gasteiger partial charge < -0.3 is 10.5 Å². The molecule has 1 aliphatic carbocycles. The Morgan fingerprint density at radius 2 is 2.14 bits per heavy atom. The van der Waals surface area contributed by atoms with E-state index in [0.717, 1.165) is 36.4 Å². The lowest BCUT2D eigenvalue weighted by molar-refractivity contribution is -0.0392. The fourth-order valence-corrected chi connectivity index (χ4v) is 4.57. The van der Waals surface area contributed by atoms with E-state index in [4.69, 9.17) is 10.5 Å². The van der Waals surface area contributed by atoms with Gasteiger partial charge >= 0.3 is 0 Å². The molecule has 5 nitrogen and oxygen atoms in total. The van der Waals surface area contributed by atoms with Crippen LogP contribution in [0, 0.1) is 0 Å². The molecule has 1 aromatic rings. The summed E-state index contributed by atoms with van der Waals surface area (Å²) in [5.41, 5.74) is 6.61. The molecule has 0 bridgehead atoms. The lowest BCUT2D eigenvalue weighted by Crippen LogP contribution is -2.26. The van der Waals surface area contributed by atoms with Crippen LogP contribution in [0.5, 0.6) is 0 Å². The fourth-order valence-electron chi connectivity index (χ4n) is 2.80. The number of thiazole rings is 1. The van der Waals surface area contributed by atoms with E-state index in [-0.39, 0.29) is 17.4 Å². The molecule has 1 atom stereocenters. The van der Waals surface area contributed by atoms with Crippen LogP contribution in [0.1, 0.15) is 55.8 Å². The van der Waals surface area contributed by atoms with Crippen molar-refractivity contribution in [2.75, 3.05) is 18.6 Å². The highest BCUT2D eigenvalue weighted by atomic mass is 32.2. The van der Waals surface area contributed by atoms with Gasteiger partial charge in [0.15, 0.2) is 0 Å². The summed E-state index contributed by atoms with van der Waals surface area (Å²) in [6.45, 7) is 2.68. The molecule has 0 aromatic carbocycles. The van der Waals surface area contributed by atoms with Gasteiger partial charge in [-0.2, -0.15) is 0 Å². The third-order valence-corrected chi connectivity index (χ3v) is 5.95. The molecule has 120 valence electrons. The molecular weight excluding hydrogens is 308 g/mol. The first-order chi connectivity index (χ1) is 9.86. The van der Waals surface area contributed by atoms with Gasteiger partial charge in [-0.1, -0.05) is 12.8 Å². The highest BCUT2D eigenvalue weighted by molar-refractivity contribution is 7.90. The van der Waals surface area contributed by atoms with Gasteiger partial charge in [0.1, 0.15) is 20.4 Å². The maximum absolute atomic E-state index is 11.2. The van der Waals surface area contributed by atoms with Gasteiger partial charge in [-0.15, -0.1) is 11.3 Å². The molecule has 0 saturated heterocycles. The van der Waals surface area contributed by atoms with Gasteiger partial charge in [0.05, 0.1) is 11.4 Å². The van der Waals surface area contributed by atoms with Crippen LogP contribution in [0.4, 0.5) is 0 Å². The number of sulfone groups is 1. The van der Waals surface area contributed by atoms with Gasteiger partial charge in [0.2, 0.25) is 0 Å². The number of hydrogen-bond donors (Lipinski definition) is 1. The zero-order valence-electron chi connectivity index (χ0n) is 12.7. The predicted molar refractivity (Wildman–Crippen MR) is 85.1 cm³/mol. The van der Waals surface area contributed by atoms with Crippen LogP contribution in [0.2, 0.25) is 0 Å². The Morgan fingerprint density at radius 1 is 1.48 bits per heavy atom. The second kappa shape index (κ2) is 6.73. The minimum Gasteiger partial charge on any atom is -0.368 e. The Hall–Kier alpha value is -0.500. The van der Waals surface area contributed by atoms with E-state index in [0.29, 0.717) is 13.0 Å². The minimum absolute atomic E-state index is 0.0949. The summed E-state index contributed by atoms with van der Waals surface area (Å²) >= 11 is 1.58. The second-order valence-corrected chi connectivity index (χ2v) is 8.85. The molecule has 1 heterocycles. The van der Waals surface area contributed by atoms with Crippen molar-refractivity contribution >= 4 is 21.2 Å². The van der Waals surface area contributed by atoms with E-state index in [1.165, 1.54) is 6.26 Å². The van der Waals surface area contributed by atoms with Crippen LogP contribution in [0.25, 0.3) is 0 Å². The van der Waals surface area contributed by atoms with Crippen LogP contribution < -0.4 is 5.73 Å². The smallest absolute Gasteiger partial charge is 0.147 e. The number of nitrogens with zero attached hydrogens (tertiary/aromatic N) is 1. The van der Waals surface area contributed by atoms with E-state index >= 15 is 0 Å². The predicted octanol–water partition coefficient (Wildman–Crippen LogP) is 2.38. The Kier molecular flexibility index (Phi) is 5.40. The zero-order valence-corrected chi connectivity index (χ0v) is 14.3. The van der Waals surface area contributed by atoms with Crippen molar-refractivity contribution in [1.82, 2.24) is 4.98 Å². The number of rotatable bonds is 7. The Labute approximate surface area is 130 Å². The molecule has 0 amide bonds. The molecule has 1 aromatic heterocycles. The lowest BCUT2D eigenvalue weighted by Gasteiger charge is -2.26. The molecule has 7 heteroatoms. The second-order valence-electron chi connectivity index (χ2n) is 5.74. The first kappa shape index (κ1) is 16.9. The fraction of sp³-hybridized carbons (Fsp3) is 0.786. The molecule has 1 saturated carbocycles. The summed E-state index contributed by atoms with van der Waals surface area (Å²) in [6.07, 6.45) is 5.97. The average Bonchev–Trinajstić information content (AvgIpc) is 3.04. The molecule has 0 spiro atoms. The number of ether oxygens (including phenoxy) is 1. The monoisotopic (exact) mass is 332 g/mol. The summed E-state index contributed by atoms with van der Waals surface area (Å²) in [7, 11) is -2.99. The molecule has 1 fully saturated rings. The lowest BCUT2D eigenvalue weighted by atomic mass is 10.0. The minimum atomic E-state index is -2.99. The van der Waals surface area contributed by atoms with Crippen molar-refractivity contribution in [3.8, 4) is 0 Å². The first-order valence-corrected chi connectivity index (χ1v) is 10.3. The molecular formula is C14H24N2O3S2. The van der Waals surface area contributed by atoms with Gasteiger partial charge in [-0.25, -0.2) is 13.4 Å². The summed E-state index contributed by atoms with van der Waals surface area (Å²) < 4.78 is 28.4. The SMILES string of the molecule is CCOC1(c2nc(C(N)CCS(C)(=O)=O)cs2)CCCC1. The average molecular weight is 332 g/mol. The van der Waals surface area contributed by atoms with Crippen LogP contribution >= 0.6 is 11.3 Å². The number of aromatic nitrogens is 1. The Morgan fingerprint density at radius 3 is 2.71 bits per heavy atom. The molecule has 1 unspecified atom stereocenters. The van der Waals surface area contributed by atoms with Crippen molar-refractivity contribution in [3.05, 3.63) is 16.1 Å². The molecule has 21 heavy (non-hydrogen) atoms. The first-order valence-electron chi connectivity index (χ1n) is 7.39. The van der Waals surface area contributed by atoms with Crippen molar-refractivity contribution in [3.63, 3.8) is 0 Å². The maximum Gasteiger partial charge on any atom is 0.147 e. The van der Waals surface area contributed by atoms with Gasteiger partial charge in [-0.3, -0.25) is 0 Å². The van der Waals surface area contributed by atoms with Gasteiger partial charge in [0, 0.05) is 24.3 Å². The Bertz CT molecular complexity index is 563. The third-order valence-electron chi connectivity index (χ3n) is 3.92. The van der Waals surface area contributed by atoms with E-state index < -0.39 is 9.84 Å². The summed E-state index contributed by atoms with van der Waals surface area (Å²) in [5, 5.41) is 2.94. The zero-order chi connectivity index (χ0) is 15.5. The highest BCUT2D eigenvalue weighted by Crippen LogP contribution is 2.43. The highest BCUT2D eigenvalue weighted by Gasteiger charge is 2.39. The van der Waals surface area contributed by atoms with Crippen molar-refractivity contribution in [2.45, 2.75) is 50.7 Å². The summed E-state index contributed by atoms with van der Waals surface area (Å²) in [6, 6.07) is -0.329. The number of nitrogens with two attached hydrogens (primary N) is 1. The van der Waals surface area contributed by atoms with Crippen LogP contribution in [-0.4, -0.2) is 32.0 Å². The largest absolute Gasteiger partial charge is 0.368 e. The maximum atomic E-state index is 11.2. The van der Waals surface area contributed by atoms with Crippen LogP contribution in [-0.2, 0) is 20.2 Å². The topological polar surface area (TPSA) is 82.3 Å². The van der Waals surface area contributed by atoms with Gasteiger partial charge in [0.25, 0.3) is 0 Å². The summed E-state index contributed by atoms with van der Waals surface area (Å²) in [4.78, 5) is 4.66. The van der Waals surface area contributed by atoms with Crippen LogP contribution in [0.15, 0.2) is 5.38 Å². The number of hydrogen-bond acceptors (Lipinski definition) is 6. The molecule has 2 rings (SSSR count). The van der Waals surface area contributed by atoms with E-state index in [2.05, 4.69) is 4.98 Å². The van der Waals surface area contributed by atoms with Crippen molar-refractivity contribution in [1.29, 1.82) is 0 Å².